The van der Waals surface area contributed by atoms with Crippen molar-refractivity contribution in [1.82, 2.24) is 4.98 Å². The minimum absolute atomic E-state index is 0.117. The lowest BCUT2D eigenvalue weighted by Gasteiger charge is -2.06. The number of nitrogens with two attached hydrogens (primary N) is 1. The van der Waals surface area contributed by atoms with Crippen molar-refractivity contribution in [3.8, 4) is 17.2 Å². The van der Waals surface area contributed by atoms with Crippen LogP contribution in [0.25, 0.3) is 22.6 Å². The third-order valence-corrected chi connectivity index (χ3v) is 2.46. The molecule has 1 aliphatic heterocycles. The zero-order chi connectivity index (χ0) is 11.8. The molecule has 0 fully saturated rings. The van der Waals surface area contributed by atoms with Gasteiger partial charge in [0.1, 0.15) is 11.2 Å². The Labute approximate surface area is 95.7 Å². The molecule has 0 unspecified atom stereocenters. The van der Waals surface area contributed by atoms with Crippen molar-refractivity contribution < 1.29 is 9.25 Å². The maximum absolute atomic E-state index is 11.2. The molecule has 84 valence electrons. The molecule has 1 aromatic rings. The van der Waals surface area contributed by atoms with Gasteiger partial charge in [0.15, 0.2) is 22.5 Å². The van der Waals surface area contributed by atoms with E-state index in [-0.39, 0.29) is 5.43 Å². The highest BCUT2D eigenvalue weighted by molar-refractivity contribution is 5.77. The third-order valence-electron chi connectivity index (χ3n) is 2.46. The predicted octanol–water partition coefficient (Wildman–Crippen LogP) is 1.55. The molecule has 0 amide bonds. The monoisotopic (exact) mass is 228 g/mol. The Morgan fingerprint density at radius 1 is 1.18 bits per heavy atom. The Balaban J connectivity index is 2.37. The van der Waals surface area contributed by atoms with E-state index in [0.717, 1.165) is 0 Å². The molecule has 3 rings (SSSR count). The average Bonchev–Trinajstić information content (AvgIpc) is 2.35. The topological polar surface area (TPSA) is 78.4 Å². The first-order valence-corrected chi connectivity index (χ1v) is 4.98. The normalized spacial score (nSPS) is 10.9. The van der Waals surface area contributed by atoms with Crippen LogP contribution in [-0.4, -0.2) is 4.98 Å². The molecule has 1 aromatic carbocycles. The molecular formula is C12H8N2O3. The summed E-state index contributed by atoms with van der Waals surface area (Å²) in [4.78, 5) is 20.2. The fraction of sp³-hybridized carbons (Fsp3) is 0. The summed E-state index contributed by atoms with van der Waals surface area (Å²) in [5.41, 5.74) is 1.72. The van der Waals surface area contributed by atoms with Crippen molar-refractivity contribution in [3.05, 3.63) is 46.6 Å². The molecule has 5 nitrogen and oxygen atoms in total. The van der Waals surface area contributed by atoms with E-state index in [2.05, 4.69) is 9.82 Å². The third kappa shape index (κ3) is 1.62. The Hall–Kier alpha value is -2.40. The Morgan fingerprint density at radius 2 is 2.06 bits per heavy atom. The van der Waals surface area contributed by atoms with Crippen molar-refractivity contribution in [3.63, 3.8) is 0 Å². The van der Waals surface area contributed by atoms with Crippen molar-refractivity contribution in [1.29, 1.82) is 0 Å². The Bertz CT molecular complexity index is 721. The molecule has 0 radical (unpaired) electrons. The van der Waals surface area contributed by atoms with Gasteiger partial charge in [0.25, 0.3) is 0 Å². The predicted molar refractivity (Wildman–Crippen MR) is 61.7 cm³/mol. The summed E-state index contributed by atoms with van der Waals surface area (Å²) in [6.45, 7) is 0. The molecule has 1 aliphatic carbocycles. The first-order chi connectivity index (χ1) is 8.26. The van der Waals surface area contributed by atoms with Crippen molar-refractivity contribution in [2.75, 3.05) is 0 Å². The van der Waals surface area contributed by atoms with E-state index in [0.29, 0.717) is 28.3 Å². The number of aromatic nitrogens is 1. The van der Waals surface area contributed by atoms with Crippen LogP contribution in [-0.2, 0) is 0 Å². The average molecular weight is 228 g/mol. The van der Waals surface area contributed by atoms with Gasteiger partial charge in [0, 0.05) is 12.1 Å². The van der Waals surface area contributed by atoms with Crippen LogP contribution in [0.15, 0.2) is 45.6 Å². The second-order valence-corrected chi connectivity index (χ2v) is 3.59. The second-order valence-electron chi connectivity index (χ2n) is 3.59. The molecule has 0 saturated heterocycles. The SMILES string of the molecule is NOc1ccc2nc3ccc(=O)cc-3oc2c1. The lowest BCUT2D eigenvalue weighted by atomic mass is 10.2. The van der Waals surface area contributed by atoms with Crippen molar-refractivity contribution in [2.45, 2.75) is 0 Å². The van der Waals surface area contributed by atoms with Crippen LogP contribution in [0.5, 0.6) is 5.75 Å². The minimum Gasteiger partial charge on any atom is -0.453 e. The molecule has 0 saturated carbocycles. The summed E-state index contributed by atoms with van der Waals surface area (Å²) in [6.07, 6.45) is 0. The second kappa shape index (κ2) is 3.57. The van der Waals surface area contributed by atoms with E-state index in [1.165, 1.54) is 12.1 Å². The van der Waals surface area contributed by atoms with Crippen LogP contribution in [0, 0.1) is 0 Å². The molecule has 0 atom stereocenters. The van der Waals surface area contributed by atoms with E-state index in [4.69, 9.17) is 10.3 Å². The van der Waals surface area contributed by atoms with Crippen LogP contribution in [0.4, 0.5) is 0 Å². The van der Waals surface area contributed by atoms with E-state index in [1.54, 1.807) is 24.3 Å². The molecule has 17 heavy (non-hydrogen) atoms. The van der Waals surface area contributed by atoms with E-state index in [1.807, 2.05) is 0 Å². The Kier molecular flexibility index (Phi) is 2.06. The van der Waals surface area contributed by atoms with E-state index < -0.39 is 0 Å². The first kappa shape index (κ1) is 9.80. The number of benzene rings is 2. The van der Waals surface area contributed by atoms with Gasteiger partial charge in [-0.05, 0) is 24.3 Å². The molecule has 2 N–H and O–H groups in total. The number of fused-ring (bicyclic) bond motifs is 2. The van der Waals surface area contributed by atoms with Gasteiger partial charge in [-0.1, -0.05) is 0 Å². The summed E-state index contributed by atoms with van der Waals surface area (Å²) in [6, 6.07) is 9.54. The van der Waals surface area contributed by atoms with Crippen LogP contribution in [0.3, 0.4) is 0 Å². The quantitative estimate of drug-likeness (QED) is 0.505. The van der Waals surface area contributed by atoms with Gasteiger partial charge in [-0.3, -0.25) is 4.79 Å². The fourth-order valence-corrected chi connectivity index (χ4v) is 1.66. The highest BCUT2D eigenvalue weighted by Gasteiger charge is 2.09. The van der Waals surface area contributed by atoms with Crippen molar-refractivity contribution in [2.24, 2.45) is 5.90 Å². The smallest absolute Gasteiger partial charge is 0.182 e. The first-order valence-electron chi connectivity index (χ1n) is 4.98. The van der Waals surface area contributed by atoms with Crippen LogP contribution >= 0.6 is 0 Å². The molecule has 5 heteroatoms. The molecular weight excluding hydrogens is 220 g/mol. The van der Waals surface area contributed by atoms with Gasteiger partial charge in [-0.2, -0.15) is 5.90 Å². The van der Waals surface area contributed by atoms with E-state index >= 15 is 0 Å². The highest BCUT2D eigenvalue weighted by atomic mass is 16.6. The number of hydrogen-bond acceptors (Lipinski definition) is 5. The summed E-state index contributed by atoms with van der Waals surface area (Å²) >= 11 is 0. The van der Waals surface area contributed by atoms with E-state index in [9.17, 15) is 4.79 Å². The maximum Gasteiger partial charge on any atom is 0.182 e. The van der Waals surface area contributed by atoms with Gasteiger partial charge in [0.2, 0.25) is 0 Å². The van der Waals surface area contributed by atoms with Gasteiger partial charge in [-0.25, -0.2) is 4.98 Å². The number of hydrogen-bond donors (Lipinski definition) is 1. The number of nitrogens with zero attached hydrogens (tertiary/aromatic N) is 1. The summed E-state index contributed by atoms with van der Waals surface area (Å²) in [5.74, 6) is 5.98. The van der Waals surface area contributed by atoms with Gasteiger partial charge in [0.05, 0.1) is 0 Å². The maximum atomic E-state index is 11.2. The lowest BCUT2D eigenvalue weighted by Crippen LogP contribution is -2.02. The lowest BCUT2D eigenvalue weighted by molar-refractivity contribution is 0.334. The largest absolute Gasteiger partial charge is 0.453 e. The molecule has 0 aromatic heterocycles. The molecule has 1 heterocycles. The minimum atomic E-state index is -0.117. The highest BCUT2D eigenvalue weighted by Crippen LogP contribution is 2.25. The van der Waals surface area contributed by atoms with Crippen LogP contribution in [0.2, 0.25) is 0 Å². The van der Waals surface area contributed by atoms with Crippen LogP contribution < -0.4 is 16.2 Å². The van der Waals surface area contributed by atoms with Gasteiger partial charge in [-0.15, -0.1) is 0 Å². The van der Waals surface area contributed by atoms with Gasteiger partial charge >= 0.3 is 0 Å². The fourth-order valence-electron chi connectivity index (χ4n) is 1.66. The molecule has 2 aliphatic rings. The summed E-state index contributed by atoms with van der Waals surface area (Å²) in [7, 11) is 0. The van der Waals surface area contributed by atoms with Crippen molar-refractivity contribution >= 4 is 11.1 Å². The number of rotatable bonds is 1. The molecule has 0 spiro atoms. The van der Waals surface area contributed by atoms with Gasteiger partial charge < -0.3 is 9.25 Å². The molecule has 0 bridgehead atoms. The zero-order valence-electron chi connectivity index (χ0n) is 8.71. The van der Waals surface area contributed by atoms with Crippen LogP contribution in [0.1, 0.15) is 0 Å². The standard InChI is InChI=1S/C12H8N2O3/c13-17-8-2-4-10-12(6-8)16-11-5-7(15)1-3-9(11)14-10/h1-6H,13H2. The Morgan fingerprint density at radius 3 is 2.88 bits per heavy atom. The zero-order valence-corrected chi connectivity index (χ0v) is 8.71. The summed E-state index contributed by atoms with van der Waals surface area (Å²) < 4.78 is 5.57. The summed E-state index contributed by atoms with van der Waals surface area (Å²) in [5, 5.41) is 0.